The molecule has 2 atom stereocenters. The van der Waals surface area contributed by atoms with Crippen molar-refractivity contribution in [2.75, 3.05) is 46.9 Å². The average molecular weight is 675 g/mol. The summed E-state index contributed by atoms with van der Waals surface area (Å²) in [5, 5.41) is 6.81. The van der Waals surface area contributed by atoms with Crippen molar-refractivity contribution in [2.24, 2.45) is 17.3 Å². The minimum absolute atomic E-state index is 0.0948. The number of thiazole rings is 1. The number of fused-ring (bicyclic) bond motifs is 2. The van der Waals surface area contributed by atoms with Crippen molar-refractivity contribution in [3.8, 4) is 0 Å². The SMILES string of the molecule is COC(=O)CC1CCN(CC[C@@H](NC(=O)c2nc3cc4c(nc3s2)CC[C@H](C(C)(C)C)C4)c2cccc(C(=O)NC3CN(C)C3)c2)CC1. The zero-order valence-electron chi connectivity index (χ0n) is 29.0. The molecule has 2 aromatic heterocycles. The summed E-state index contributed by atoms with van der Waals surface area (Å²) in [4.78, 5) is 53.8. The highest BCUT2D eigenvalue weighted by atomic mass is 32.1. The lowest BCUT2D eigenvalue weighted by Crippen LogP contribution is -2.57. The number of methoxy groups -OCH3 is 1. The maximum absolute atomic E-state index is 13.8. The van der Waals surface area contributed by atoms with Crippen LogP contribution in [0, 0.1) is 17.3 Å². The van der Waals surface area contributed by atoms with Gasteiger partial charge in [0.05, 0.1) is 19.2 Å². The van der Waals surface area contributed by atoms with E-state index in [0.717, 1.165) is 86.4 Å². The highest BCUT2D eigenvalue weighted by Crippen LogP contribution is 2.38. The molecule has 0 bridgehead atoms. The summed E-state index contributed by atoms with van der Waals surface area (Å²) < 4.78 is 4.87. The Morgan fingerprint density at radius 1 is 1.06 bits per heavy atom. The van der Waals surface area contributed by atoms with Crippen LogP contribution in [0.25, 0.3) is 10.3 Å². The molecule has 3 aliphatic rings. The van der Waals surface area contributed by atoms with Gasteiger partial charge >= 0.3 is 5.97 Å². The molecular formula is C37H50N6O4S. The zero-order chi connectivity index (χ0) is 34.0. The second-order valence-corrected chi connectivity index (χ2v) is 16.1. The molecule has 2 amide bonds. The van der Waals surface area contributed by atoms with Gasteiger partial charge in [-0.2, -0.15) is 0 Å². The number of amides is 2. The highest BCUT2D eigenvalue weighted by Gasteiger charge is 2.31. The van der Waals surface area contributed by atoms with Crippen LogP contribution in [0.5, 0.6) is 0 Å². The minimum Gasteiger partial charge on any atom is -0.469 e. The van der Waals surface area contributed by atoms with Crippen LogP contribution in [0.3, 0.4) is 0 Å². The van der Waals surface area contributed by atoms with E-state index in [1.54, 1.807) is 0 Å². The number of aryl methyl sites for hydroxylation is 1. The van der Waals surface area contributed by atoms with Crippen LogP contribution < -0.4 is 10.6 Å². The van der Waals surface area contributed by atoms with E-state index in [4.69, 9.17) is 14.7 Å². The van der Waals surface area contributed by atoms with Crippen molar-refractivity contribution < 1.29 is 19.1 Å². The predicted octanol–water partition coefficient (Wildman–Crippen LogP) is 5.02. The van der Waals surface area contributed by atoms with Gasteiger partial charge in [0.2, 0.25) is 0 Å². The fraction of sp³-hybridized carbons (Fsp3) is 0.595. The molecular weight excluding hydrogens is 625 g/mol. The molecule has 2 aliphatic heterocycles. The Morgan fingerprint density at radius 2 is 1.83 bits per heavy atom. The van der Waals surface area contributed by atoms with E-state index in [2.05, 4.69) is 47.3 Å². The van der Waals surface area contributed by atoms with Crippen molar-refractivity contribution >= 4 is 39.5 Å². The molecule has 2 saturated heterocycles. The van der Waals surface area contributed by atoms with E-state index in [1.807, 2.05) is 31.3 Å². The molecule has 0 saturated carbocycles. The molecule has 2 fully saturated rings. The van der Waals surface area contributed by atoms with Crippen LogP contribution >= 0.6 is 11.3 Å². The van der Waals surface area contributed by atoms with Gasteiger partial charge in [-0.25, -0.2) is 9.97 Å². The van der Waals surface area contributed by atoms with Crippen LogP contribution in [-0.2, 0) is 22.4 Å². The molecule has 0 unspecified atom stereocenters. The third-order valence-electron chi connectivity index (χ3n) is 10.5. The molecule has 3 aromatic rings. The Morgan fingerprint density at radius 3 is 2.54 bits per heavy atom. The highest BCUT2D eigenvalue weighted by molar-refractivity contribution is 7.19. The summed E-state index contributed by atoms with van der Waals surface area (Å²) in [6.07, 6.45) is 6.10. The molecule has 1 aromatic carbocycles. The van der Waals surface area contributed by atoms with E-state index in [1.165, 1.54) is 24.0 Å². The first-order valence-corrected chi connectivity index (χ1v) is 18.3. The number of esters is 1. The normalized spacial score (nSPS) is 20.1. The Bertz CT molecular complexity index is 1640. The van der Waals surface area contributed by atoms with Gasteiger partial charge in [-0.15, -0.1) is 0 Å². The number of nitrogens with one attached hydrogen (secondary N) is 2. The first-order valence-electron chi connectivity index (χ1n) is 17.4. The molecule has 6 rings (SSSR count). The van der Waals surface area contributed by atoms with Crippen molar-refractivity contribution in [1.29, 1.82) is 0 Å². The van der Waals surface area contributed by atoms with Crippen LogP contribution in [0.4, 0.5) is 0 Å². The number of likely N-dealkylation sites (N-methyl/N-ethyl adjacent to an activating group) is 1. The molecule has 1 aliphatic carbocycles. The monoisotopic (exact) mass is 674 g/mol. The molecule has 48 heavy (non-hydrogen) atoms. The first kappa shape index (κ1) is 34.5. The van der Waals surface area contributed by atoms with Gasteiger partial charge in [-0.1, -0.05) is 44.2 Å². The lowest BCUT2D eigenvalue weighted by molar-refractivity contribution is -0.142. The van der Waals surface area contributed by atoms with Crippen molar-refractivity contribution in [3.63, 3.8) is 0 Å². The summed E-state index contributed by atoms with van der Waals surface area (Å²) in [6.45, 7) is 11.2. The Hall–Kier alpha value is -3.41. The van der Waals surface area contributed by atoms with Gasteiger partial charge in [0, 0.05) is 37.3 Å². The predicted molar refractivity (Wildman–Crippen MR) is 188 cm³/mol. The standard InChI is InChI=1S/C37H50N6O4S/c1-37(2,3)27-9-10-29-26(19-27)20-31-35(40-29)48-36(41-31)34(46)39-30(13-16-43-14-11-23(12-15-43)17-32(44)47-5)24-7-6-8-25(18-24)33(45)38-28-21-42(4)22-28/h6-8,18,20,23,27-28,30H,9-17,19,21-22H2,1-5H3,(H,38,45)(H,39,46)/t27-,30+/m0/s1. The molecule has 0 radical (unpaired) electrons. The molecule has 4 heterocycles. The topological polar surface area (TPSA) is 117 Å². The summed E-state index contributed by atoms with van der Waals surface area (Å²) in [5.74, 6) is 0.467. The fourth-order valence-electron chi connectivity index (χ4n) is 7.39. The van der Waals surface area contributed by atoms with Crippen LogP contribution in [0.1, 0.15) is 95.9 Å². The lowest BCUT2D eigenvalue weighted by Gasteiger charge is -2.36. The number of pyridine rings is 1. The van der Waals surface area contributed by atoms with Crippen molar-refractivity contribution in [2.45, 2.75) is 77.8 Å². The number of likely N-dealkylation sites (tertiary alicyclic amines) is 2. The Kier molecular flexibility index (Phi) is 10.5. The third kappa shape index (κ3) is 8.23. The smallest absolute Gasteiger partial charge is 0.305 e. The third-order valence-corrected chi connectivity index (χ3v) is 11.5. The van der Waals surface area contributed by atoms with Crippen LogP contribution in [0.2, 0.25) is 0 Å². The maximum atomic E-state index is 13.8. The summed E-state index contributed by atoms with van der Waals surface area (Å²) in [6, 6.07) is 9.61. The number of ether oxygens (including phenoxy) is 1. The minimum atomic E-state index is -0.311. The lowest BCUT2D eigenvalue weighted by atomic mass is 9.71. The van der Waals surface area contributed by atoms with Gasteiger partial charge in [0.1, 0.15) is 10.3 Å². The second-order valence-electron chi connectivity index (χ2n) is 15.1. The van der Waals surface area contributed by atoms with Gasteiger partial charge in [-0.3, -0.25) is 14.4 Å². The quantitative estimate of drug-likeness (QED) is 0.288. The number of hydrogen-bond acceptors (Lipinski definition) is 9. The number of piperidine rings is 1. The number of benzene rings is 1. The van der Waals surface area contributed by atoms with Gasteiger partial charge in [0.15, 0.2) is 5.01 Å². The number of hydrogen-bond donors (Lipinski definition) is 2. The summed E-state index contributed by atoms with van der Waals surface area (Å²) in [5.41, 5.74) is 4.89. The molecule has 10 nitrogen and oxygen atoms in total. The van der Waals surface area contributed by atoms with E-state index in [0.29, 0.717) is 35.2 Å². The van der Waals surface area contributed by atoms with Crippen molar-refractivity contribution in [3.05, 3.63) is 57.7 Å². The van der Waals surface area contributed by atoms with E-state index >= 15 is 0 Å². The number of carbonyl (C=O) groups excluding carboxylic acids is 3. The van der Waals surface area contributed by atoms with Crippen LogP contribution in [-0.4, -0.2) is 90.5 Å². The second kappa shape index (κ2) is 14.6. The Balaban J connectivity index is 1.17. The number of nitrogens with zero attached hydrogens (tertiary/aromatic N) is 4. The molecule has 11 heteroatoms. The van der Waals surface area contributed by atoms with Gasteiger partial charge < -0.3 is 25.2 Å². The first-order chi connectivity index (χ1) is 22.9. The Labute approximate surface area is 288 Å². The maximum Gasteiger partial charge on any atom is 0.305 e. The van der Waals surface area contributed by atoms with Gasteiger partial charge in [0.25, 0.3) is 11.8 Å². The number of rotatable bonds is 10. The zero-order valence-corrected chi connectivity index (χ0v) is 29.8. The van der Waals surface area contributed by atoms with Gasteiger partial charge in [-0.05, 0) is 105 Å². The van der Waals surface area contributed by atoms with E-state index < -0.39 is 0 Å². The van der Waals surface area contributed by atoms with Crippen LogP contribution in [0.15, 0.2) is 30.3 Å². The van der Waals surface area contributed by atoms with Crippen molar-refractivity contribution in [1.82, 2.24) is 30.4 Å². The largest absolute Gasteiger partial charge is 0.469 e. The molecule has 0 spiro atoms. The molecule has 2 N–H and O–H groups in total. The number of carbonyl (C=O) groups is 3. The average Bonchev–Trinajstić information content (AvgIpc) is 3.47. The summed E-state index contributed by atoms with van der Waals surface area (Å²) in [7, 11) is 3.48. The summed E-state index contributed by atoms with van der Waals surface area (Å²) >= 11 is 1.35. The number of aromatic nitrogens is 2. The molecule has 258 valence electrons. The van der Waals surface area contributed by atoms with E-state index in [9.17, 15) is 14.4 Å². The fourth-order valence-corrected chi connectivity index (χ4v) is 8.24. The van der Waals surface area contributed by atoms with E-state index in [-0.39, 0.29) is 35.3 Å².